The molecule has 0 amide bonds. The third-order valence-electron chi connectivity index (χ3n) is 5.67. The molecule has 0 aliphatic carbocycles. The van der Waals surface area contributed by atoms with Crippen molar-refractivity contribution >= 4 is 11.6 Å². The topological polar surface area (TPSA) is 64.0 Å². The van der Waals surface area contributed by atoms with Crippen molar-refractivity contribution in [2.24, 2.45) is 0 Å². The molecule has 0 bridgehead atoms. The molecule has 0 atom stereocenters. The summed E-state index contributed by atoms with van der Waals surface area (Å²) in [6.45, 7) is 2.78. The third-order valence-corrected chi connectivity index (χ3v) is 5.97. The number of ether oxygens (including phenoxy) is 5. The smallest absolute Gasteiger partial charge is 0.249 e. The quantitative estimate of drug-likeness (QED) is 0.266. The minimum Gasteiger partial charge on any atom is -0.497 e. The Balaban J connectivity index is 1.30. The van der Waals surface area contributed by atoms with Crippen LogP contribution in [0.4, 0.5) is 4.39 Å². The first kappa shape index (κ1) is 23.8. The standard InChI is InChI=1S/C27H24ClFN2O5/c1-3-33-27-25(29)26(19-5-4-6-20(13-19)32-2)30-31(27)11-12-34-22-9-7-17(14-21(22)28)18-8-10-23-24(15-18)36-16-35-23/h4-10,13-15H,3,11-12,16H2,1-2H3. The van der Waals surface area contributed by atoms with E-state index in [1.54, 1.807) is 44.4 Å². The van der Waals surface area contributed by atoms with Gasteiger partial charge in [0.1, 0.15) is 23.8 Å². The Labute approximate surface area is 212 Å². The number of fused-ring (bicyclic) bond motifs is 1. The number of nitrogens with zero attached hydrogens (tertiary/aromatic N) is 2. The molecule has 0 fully saturated rings. The van der Waals surface area contributed by atoms with Gasteiger partial charge in [0.25, 0.3) is 0 Å². The second-order valence-corrected chi connectivity index (χ2v) is 8.32. The highest BCUT2D eigenvalue weighted by molar-refractivity contribution is 6.32. The lowest BCUT2D eigenvalue weighted by atomic mass is 10.1. The van der Waals surface area contributed by atoms with E-state index in [0.717, 1.165) is 16.9 Å². The molecule has 186 valence electrons. The number of hydrogen-bond acceptors (Lipinski definition) is 6. The van der Waals surface area contributed by atoms with Gasteiger partial charge in [0, 0.05) is 5.56 Å². The van der Waals surface area contributed by atoms with Crippen molar-refractivity contribution in [1.82, 2.24) is 9.78 Å². The lowest BCUT2D eigenvalue weighted by Crippen LogP contribution is -2.12. The molecule has 1 aliphatic heterocycles. The van der Waals surface area contributed by atoms with Crippen molar-refractivity contribution in [3.05, 3.63) is 71.5 Å². The molecule has 0 spiro atoms. The monoisotopic (exact) mass is 510 g/mol. The van der Waals surface area contributed by atoms with Crippen LogP contribution in [-0.2, 0) is 6.54 Å². The summed E-state index contributed by atoms with van der Waals surface area (Å²) in [6, 6.07) is 18.3. The SMILES string of the molecule is CCOc1c(F)c(-c2cccc(OC)c2)nn1CCOc1ccc(-c2ccc3c(c2)OCO3)cc1Cl. The highest BCUT2D eigenvalue weighted by Gasteiger charge is 2.21. The number of methoxy groups -OCH3 is 1. The van der Waals surface area contributed by atoms with Crippen molar-refractivity contribution in [2.45, 2.75) is 13.5 Å². The fourth-order valence-corrected chi connectivity index (χ4v) is 4.16. The Hall–Kier alpha value is -3.91. The van der Waals surface area contributed by atoms with E-state index in [1.807, 2.05) is 30.3 Å². The minimum absolute atomic E-state index is 0.0585. The molecule has 1 aliphatic rings. The van der Waals surface area contributed by atoms with Crippen molar-refractivity contribution in [1.29, 1.82) is 0 Å². The average Bonchev–Trinajstić information content (AvgIpc) is 3.49. The fourth-order valence-electron chi connectivity index (χ4n) is 3.92. The van der Waals surface area contributed by atoms with Crippen LogP contribution < -0.4 is 23.7 Å². The summed E-state index contributed by atoms with van der Waals surface area (Å²) in [5.74, 6) is 2.08. The molecular formula is C27H24ClFN2O5. The number of hydrogen-bond donors (Lipinski definition) is 0. The van der Waals surface area contributed by atoms with E-state index in [4.69, 9.17) is 35.3 Å². The molecule has 0 radical (unpaired) electrons. The van der Waals surface area contributed by atoms with E-state index in [0.29, 0.717) is 34.4 Å². The minimum atomic E-state index is -0.531. The molecule has 2 heterocycles. The van der Waals surface area contributed by atoms with Gasteiger partial charge in [-0.15, -0.1) is 0 Å². The predicted molar refractivity (Wildman–Crippen MR) is 134 cm³/mol. The van der Waals surface area contributed by atoms with Crippen molar-refractivity contribution in [2.75, 3.05) is 27.1 Å². The predicted octanol–water partition coefficient (Wildman–Crippen LogP) is 6.22. The molecule has 36 heavy (non-hydrogen) atoms. The van der Waals surface area contributed by atoms with Crippen LogP contribution in [0.1, 0.15) is 6.92 Å². The number of aromatic nitrogens is 2. The number of rotatable bonds is 9. The second-order valence-electron chi connectivity index (χ2n) is 7.92. The average molecular weight is 511 g/mol. The highest BCUT2D eigenvalue weighted by atomic mass is 35.5. The Bertz CT molecular complexity index is 1390. The van der Waals surface area contributed by atoms with Gasteiger partial charge in [-0.1, -0.05) is 35.9 Å². The zero-order valence-electron chi connectivity index (χ0n) is 19.8. The molecular weight excluding hydrogens is 487 g/mol. The zero-order chi connectivity index (χ0) is 25.1. The van der Waals surface area contributed by atoms with Gasteiger partial charge < -0.3 is 23.7 Å². The van der Waals surface area contributed by atoms with Crippen molar-refractivity contribution in [3.8, 4) is 51.3 Å². The van der Waals surface area contributed by atoms with Crippen LogP contribution in [0.2, 0.25) is 5.02 Å². The van der Waals surface area contributed by atoms with Crippen molar-refractivity contribution in [3.63, 3.8) is 0 Å². The molecule has 4 aromatic rings. The van der Waals surface area contributed by atoms with E-state index >= 15 is 4.39 Å². The number of halogens is 2. The van der Waals surface area contributed by atoms with Crippen LogP contribution in [-0.4, -0.2) is 36.9 Å². The maximum atomic E-state index is 15.2. The highest BCUT2D eigenvalue weighted by Crippen LogP contribution is 2.38. The van der Waals surface area contributed by atoms with Crippen LogP contribution in [0.15, 0.2) is 60.7 Å². The van der Waals surface area contributed by atoms with Crippen LogP contribution in [0.25, 0.3) is 22.4 Å². The molecule has 9 heteroatoms. The molecule has 0 N–H and O–H groups in total. The van der Waals surface area contributed by atoms with Gasteiger partial charge in [-0.3, -0.25) is 0 Å². The summed E-state index contributed by atoms with van der Waals surface area (Å²) < 4.78 is 44.1. The fraction of sp³-hybridized carbons (Fsp3) is 0.222. The third kappa shape index (κ3) is 4.77. The summed E-state index contributed by atoms with van der Waals surface area (Å²) in [4.78, 5) is 0. The van der Waals surface area contributed by atoms with Crippen LogP contribution in [0.5, 0.6) is 28.9 Å². The van der Waals surface area contributed by atoms with Crippen molar-refractivity contribution < 1.29 is 28.1 Å². The first-order valence-electron chi connectivity index (χ1n) is 11.4. The molecule has 0 saturated heterocycles. The Morgan fingerprint density at radius 2 is 1.78 bits per heavy atom. The second kappa shape index (κ2) is 10.4. The number of benzene rings is 3. The molecule has 3 aromatic carbocycles. The maximum absolute atomic E-state index is 15.2. The lowest BCUT2D eigenvalue weighted by Gasteiger charge is -2.11. The summed E-state index contributed by atoms with van der Waals surface area (Å²) >= 11 is 6.50. The molecule has 1 aromatic heterocycles. The van der Waals surface area contributed by atoms with E-state index in [1.165, 1.54) is 4.68 Å². The summed E-state index contributed by atoms with van der Waals surface area (Å²) in [6.07, 6.45) is 0. The van der Waals surface area contributed by atoms with E-state index < -0.39 is 5.82 Å². The summed E-state index contributed by atoms with van der Waals surface area (Å²) in [5.41, 5.74) is 2.64. The van der Waals surface area contributed by atoms with E-state index in [2.05, 4.69) is 5.10 Å². The Kier molecular flexibility index (Phi) is 6.86. The van der Waals surface area contributed by atoms with Gasteiger partial charge in [0.15, 0.2) is 11.5 Å². The van der Waals surface area contributed by atoms with Gasteiger partial charge in [0.2, 0.25) is 18.5 Å². The Morgan fingerprint density at radius 3 is 2.58 bits per heavy atom. The Morgan fingerprint density at radius 1 is 0.972 bits per heavy atom. The first-order chi connectivity index (χ1) is 17.6. The molecule has 0 unspecified atom stereocenters. The largest absolute Gasteiger partial charge is 0.497 e. The molecule has 0 saturated carbocycles. The van der Waals surface area contributed by atoms with Crippen LogP contribution in [0.3, 0.4) is 0 Å². The lowest BCUT2D eigenvalue weighted by molar-refractivity contribution is 0.174. The van der Waals surface area contributed by atoms with Gasteiger partial charge in [0.05, 0.1) is 25.3 Å². The van der Waals surface area contributed by atoms with Gasteiger partial charge in [-0.2, -0.15) is 9.49 Å². The van der Waals surface area contributed by atoms with E-state index in [-0.39, 0.29) is 31.5 Å². The molecule has 5 rings (SSSR count). The van der Waals surface area contributed by atoms with E-state index in [9.17, 15) is 0 Å². The normalized spacial score (nSPS) is 12.0. The zero-order valence-corrected chi connectivity index (χ0v) is 20.5. The maximum Gasteiger partial charge on any atom is 0.249 e. The summed E-state index contributed by atoms with van der Waals surface area (Å²) in [7, 11) is 1.56. The van der Waals surface area contributed by atoms with Gasteiger partial charge in [-0.25, -0.2) is 4.68 Å². The van der Waals surface area contributed by atoms with Crippen LogP contribution >= 0.6 is 11.6 Å². The van der Waals surface area contributed by atoms with Gasteiger partial charge in [-0.05, 0) is 54.4 Å². The molecule has 7 nitrogen and oxygen atoms in total. The van der Waals surface area contributed by atoms with Gasteiger partial charge >= 0.3 is 0 Å². The summed E-state index contributed by atoms with van der Waals surface area (Å²) in [5, 5.41) is 4.89. The van der Waals surface area contributed by atoms with Crippen LogP contribution in [0, 0.1) is 5.82 Å². The first-order valence-corrected chi connectivity index (χ1v) is 11.8.